The molecule has 0 fully saturated rings. The highest BCUT2D eigenvalue weighted by atomic mass is 14.9. The molecule has 6 nitrogen and oxygen atoms in total. The molecule has 0 saturated heterocycles. The van der Waals surface area contributed by atoms with Crippen molar-refractivity contribution < 1.29 is 0 Å². The van der Waals surface area contributed by atoms with E-state index in [1.165, 1.54) is 44.5 Å². The maximum atomic E-state index is 5.21. The Hall–Kier alpha value is -10.6. The fourth-order valence-corrected chi connectivity index (χ4v) is 11.9. The maximum absolute atomic E-state index is 5.21. The van der Waals surface area contributed by atoms with Crippen LogP contribution in [0.25, 0.3) is 112 Å². The fraction of sp³-hybridized carbons (Fsp3) is 0.0270. The molecular weight excluding hydrogens is 973 g/mol. The molecule has 0 spiro atoms. The summed E-state index contributed by atoms with van der Waals surface area (Å²) in [4.78, 5) is 29.4. The first-order valence-corrected chi connectivity index (χ1v) is 27.1. The lowest BCUT2D eigenvalue weighted by atomic mass is 9.60. The minimum Gasteiger partial charge on any atom is -0.264 e. The standard InChI is InChI=1S/C74H48N6/c1-3-13-51(14-4-1)73-77-67(49-29-25-47(26-30-49)59-21-11-37-75-45-59)43-69(79-73)57-19-9-17-53(39-57)55-33-35-63-65(41-55)71-61-23-7-8-24-62(61)72(63)66-42-56(34-36-64(66)71)54-18-10-20-58(40-54)70-44-68(78-74(80-70)52-15-5-2-6-16-52)50-31-27-48(28-32-50)60-22-12-38-76-46-60/h1-46,71-72H. The summed E-state index contributed by atoms with van der Waals surface area (Å²) in [6.45, 7) is 0. The highest BCUT2D eigenvalue weighted by Gasteiger charge is 2.41. The summed E-state index contributed by atoms with van der Waals surface area (Å²) in [5.41, 5.74) is 26.8. The Morgan fingerprint density at radius 1 is 0.200 bits per heavy atom. The van der Waals surface area contributed by atoms with E-state index in [0.717, 1.165) is 89.5 Å². The first-order valence-electron chi connectivity index (χ1n) is 27.1. The largest absolute Gasteiger partial charge is 0.264 e. The van der Waals surface area contributed by atoms with Crippen molar-refractivity contribution in [2.45, 2.75) is 11.8 Å². The molecule has 3 aliphatic rings. The summed E-state index contributed by atoms with van der Waals surface area (Å²) in [6, 6.07) is 90.9. The SMILES string of the molecule is c1ccc(-c2nc(-c3ccc(-c4cccnc4)cc3)cc(-c3cccc(-c4ccc5c(c4)C4c6ccccc6C5c5cc(-c6cccc(-c7cc(-c8ccc(-c9cccnc9)cc8)nc(-c8ccccc8)n7)c6)ccc54)c3)n2)cc1. The van der Waals surface area contributed by atoms with Crippen molar-refractivity contribution in [2.24, 2.45) is 0 Å². The highest BCUT2D eigenvalue weighted by Crippen LogP contribution is 2.57. The van der Waals surface area contributed by atoms with Gasteiger partial charge in [0.15, 0.2) is 11.6 Å². The molecule has 2 unspecified atom stereocenters. The van der Waals surface area contributed by atoms with E-state index in [1.807, 2.05) is 60.9 Å². The highest BCUT2D eigenvalue weighted by molar-refractivity contribution is 5.82. The second-order valence-corrected chi connectivity index (χ2v) is 20.6. The molecule has 0 aliphatic heterocycles. The van der Waals surface area contributed by atoms with Gasteiger partial charge in [-0.15, -0.1) is 0 Å². The Morgan fingerprint density at radius 2 is 0.525 bits per heavy atom. The Balaban J connectivity index is 0.765. The molecule has 0 N–H and O–H groups in total. The third-order valence-corrected chi connectivity index (χ3v) is 15.9. The van der Waals surface area contributed by atoms with Crippen molar-refractivity contribution >= 4 is 0 Å². The molecule has 374 valence electrons. The van der Waals surface area contributed by atoms with E-state index in [0.29, 0.717) is 11.6 Å². The van der Waals surface area contributed by atoms with Crippen LogP contribution in [-0.2, 0) is 0 Å². The van der Waals surface area contributed by atoms with Crippen molar-refractivity contribution in [3.63, 3.8) is 0 Å². The molecule has 13 aromatic rings. The summed E-state index contributed by atoms with van der Waals surface area (Å²) in [5.74, 6) is 1.58. The molecule has 0 saturated carbocycles. The van der Waals surface area contributed by atoms with E-state index in [9.17, 15) is 0 Å². The van der Waals surface area contributed by atoms with Crippen LogP contribution in [0.1, 0.15) is 45.2 Å². The summed E-state index contributed by atoms with van der Waals surface area (Å²) in [7, 11) is 0. The van der Waals surface area contributed by atoms with Gasteiger partial charge in [-0.05, 0) is 126 Å². The lowest BCUT2D eigenvalue weighted by molar-refractivity contribution is 0.755. The zero-order valence-corrected chi connectivity index (χ0v) is 43.4. The lowest BCUT2D eigenvalue weighted by Crippen LogP contribution is -2.27. The monoisotopic (exact) mass is 1020 g/mol. The summed E-state index contributed by atoms with van der Waals surface area (Å²) < 4.78 is 0. The predicted molar refractivity (Wildman–Crippen MR) is 322 cm³/mol. The van der Waals surface area contributed by atoms with Gasteiger partial charge >= 0.3 is 0 Å². The summed E-state index contributed by atoms with van der Waals surface area (Å²) in [6.07, 6.45) is 7.39. The molecule has 2 atom stereocenters. The van der Waals surface area contributed by atoms with Gasteiger partial charge in [0.25, 0.3) is 0 Å². The normalized spacial score (nSPS) is 13.8. The van der Waals surface area contributed by atoms with E-state index in [4.69, 9.17) is 19.9 Å². The van der Waals surface area contributed by atoms with E-state index >= 15 is 0 Å². The van der Waals surface area contributed by atoms with Crippen LogP contribution in [0.4, 0.5) is 0 Å². The van der Waals surface area contributed by atoms with Crippen molar-refractivity contribution in [2.75, 3.05) is 0 Å². The Kier molecular flexibility index (Phi) is 11.6. The maximum Gasteiger partial charge on any atom is 0.160 e. The van der Waals surface area contributed by atoms with Crippen LogP contribution in [0.3, 0.4) is 0 Å². The van der Waals surface area contributed by atoms with Gasteiger partial charge in [0.2, 0.25) is 0 Å². The second-order valence-electron chi connectivity index (χ2n) is 20.6. The zero-order valence-electron chi connectivity index (χ0n) is 43.4. The second kappa shape index (κ2) is 19.8. The topological polar surface area (TPSA) is 77.3 Å². The van der Waals surface area contributed by atoms with E-state index in [-0.39, 0.29) is 11.8 Å². The number of nitrogens with zero attached hydrogens (tertiary/aromatic N) is 6. The lowest BCUT2D eigenvalue weighted by Gasteiger charge is -2.42. The first-order chi connectivity index (χ1) is 39.6. The number of pyridine rings is 2. The molecule has 6 heteroatoms. The molecule has 0 amide bonds. The van der Waals surface area contributed by atoms with Gasteiger partial charge in [-0.1, -0.05) is 206 Å². The van der Waals surface area contributed by atoms with Gasteiger partial charge in [0, 0.05) is 70.0 Å². The minimum atomic E-state index is 0.0985. The van der Waals surface area contributed by atoms with Crippen molar-refractivity contribution in [3.05, 3.63) is 313 Å². The predicted octanol–water partition coefficient (Wildman–Crippen LogP) is 17.7. The van der Waals surface area contributed by atoms with Crippen LogP contribution >= 0.6 is 0 Å². The Morgan fingerprint density at radius 3 is 0.938 bits per heavy atom. The van der Waals surface area contributed by atoms with E-state index < -0.39 is 0 Å². The summed E-state index contributed by atoms with van der Waals surface area (Å²) in [5, 5.41) is 0. The molecule has 9 aromatic carbocycles. The van der Waals surface area contributed by atoms with Crippen LogP contribution in [0.2, 0.25) is 0 Å². The molecular formula is C74H48N6. The van der Waals surface area contributed by atoms with Crippen LogP contribution in [0.5, 0.6) is 0 Å². The smallest absolute Gasteiger partial charge is 0.160 e. The third-order valence-electron chi connectivity index (χ3n) is 15.9. The average Bonchev–Trinajstić information content (AvgIpc) is 3.61. The molecule has 16 rings (SSSR count). The van der Waals surface area contributed by atoms with Crippen molar-refractivity contribution in [3.8, 4) is 112 Å². The quantitative estimate of drug-likeness (QED) is 0.136. The third kappa shape index (κ3) is 8.56. The molecule has 4 heterocycles. The molecule has 2 bridgehead atoms. The Labute approximate surface area is 464 Å². The molecule has 0 radical (unpaired) electrons. The van der Waals surface area contributed by atoms with E-state index in [2.05, 4.69) is 216 Å². The van der Waals surface area contributed by atoms with Gasteiger partial charge in [-0.3, -0.25) is 9.97 Å². The number of hydrogen-bond donors (Lipinski definition) is 0. The van der Waals surface area contributed by atoms with E-state index in [1.54, 1.807) is 12.4 Å². The Bertz CT molecular complexity index is 4160. The van der Waals surface area contributed by atoms with Crippen LogP contribution in [0, 0.1) is 0 Å². The van der Waals surface area contributed by atoms with Gasteiger partial charge in [0.05, 0.1) is 22.8 Å². The van der Waals surface area contributed by atoms with Gasteiger partial charge in [0.1, 0.15) is 0 Å². The van der Waals surface area contributed by atoms with Crippen LogP contribution < -0.4 is 0 Å². The van der Waals surface area contributed by atoms with Gasteiger partial charge in [-0.25, -0.2) is 19.9 Å². The van der Waals surface area contributed by atoms with Crippen LogP contribution in [-0.4, -0.2) is 29.9 Å². The van der Waals surface area contributed by atoms with Crippen molar-refractivity contribution in [1.82, 2.24) is 29.9 Å². The number of hydrogen-bond acceptors (Lipinski definition) is 6. The van der Waals surface area contributed by atoms with Gasteiger partial charge in [-0.2, -0.15) is 0 Å². The number of aromatic nitrogens is 6. The number of rotatable bonds is 10. The summed E-state index contributed by atoms with van der Waals surface area (Å²) >= 11 is 0. The van der Waals surface area contributed by atoms with Gasteiger partial charge < -0.3 is 0 Å². The average molecular weight is 1020 g/mol. The zero-order chi connectivity index (χ0) is 52.9. The molecule has 4 aromatic heterocycles. The van der Waals surface area contributed by atoms with Crippen LogP contribution in [0.15, 0.2) is 280 Å². The molecule has 3 aliphatic carbocycles. The first kappa shape index (κ1) is 46.7. The number of benzene rings is 9. The molecule has 80 heavy (non-hydrogen) atoms. The fourth-order valence-electron chi connectivity index (χ4n) is 11.9. The van der Waals surface area contributed by atoms with Crippen molar-refractivity contribution in [1.29, 1.82) is 0 Å². The minimum absolute atomic E-state index is 0.0985.